The number of thioether (sulfide) groups is 1. The Morgan fingerprint density at radius 3 is 2.57 bits per heavy atom. The number of halogens is 1. The van der Waals surface area contributed by atoms with Gasteiger partial charge in [-0.15, -0.1) is 23.7 Å². The lowest BCUT2D eigenvalue weighted by Gasteiger charge is -2.11. The SMILES string of the molecule is CCn1c(=O)/c(=C2\Sc3ccccc3N2C)s/c1=C\c1cccc[n+]1CC.Cl. The first kappa shape index (κ1) is 20.7. The van der Waals surface area contributed by atoms with Gasteiger partial charge in [0, 0.05) is 36.7 Å². The molecule has 0 radical (unpaired) electrons. The molecule has 1 aromatic carbocycles. The minimum atomic E-state index is 0. The molecule has 0 fully saturated rings. The number of hydrogen-bond acceptors (Lipinski definition) is 4. The van der Waals surface area contributed by atoms with Crippen LogP contribution in [0.25, 0.3) is 11.1 Å². The fraction of sp³-hybridized carbons (Fsp3) is 0.238. The first-order valence-electron chi connectivity index (χ1n) is 9.08. The molecule has 1 aliphatic heterocycles. The van der Waals surface area contributed by atoms with Gasteiger partial charge >= 0.3 is 0 Å². The molecule has 146 valence electrons. The first-order chi connectivity index (χ1) is 13.1. The van der Waals surface area contributed by atoms with Gasteiger partial charge in [0.1, 0.15) is 20.8 Å². The van der Waals surface area contributed by atoms with E-state index in [0.29, 0.717) is 6.54 Å². The van der Waals surface area contributed by atoms with Crippen LogP contribution in [0.5, 0.6) is 0 Å². The molecular formula is C21H23ClN3OS2+. The Balaban J connectivity index is 0.00000225. The highest BCUT2D eigenvalue weighted by molar-refractivity contribution is 8.08. The molecular weight excluding hydrogens is 410 g/mol. The molecule has 1 aliphatic rings. The number of benzene rings is 1. The lowest BCUT2D eigenvalue weighted by Crippen LogP contribution is -2.36. The molecule has 0 saturated carbocycles. The smallest absolute Gasteiger partial charge is 0.271 e. The van der Waals surface area contributed by atoms with Gasteiger partial charge in [-0.3, -0.25) is 9.36 Å². The van der Waals surface area contributed by atoms with E-state index in [0.717, 1.165) is 32.2 Å². The van der Waals surface area contributed by atoms with Crippen molar-refractivity contribution in [3.05, 3.63) is 73.9 Å². The maximum absolute atomic E-state index is 13.1. The molecule has 4 nitrogen and oxygen atoms in total. The summed E-state index contributed by atoms with van der Waals surface area (Å²) in [7, 11) is 2.04. The second-order valence-corrected chi connectivity index (χ2v) is 8.37. The molecule has 0 saturated heterocycles. The van der Waals surface area contributed by atoms with Crippen LogP contribution in [0.2, 0.25) is 0 Å². The zero-order chi connectivity index (χ0) is 19.0. The third-order valence-corrected chi connectivity index (χ3v) is 7.23. The highest BCUT2D eigenvalue weighted by Crippen LogP contribution is 2.44. The van der Waals surface area contributed by atoms with Gasteiger partial charge in [0.05, 0.1) is 5.69 Å². The summed E-state index contributed by atoms with van der Waals surface area (Å²) >= 11 is 3.26. The fourth-order valence-electron chi connectivity index (χ4n) is 3.30. The molecule has 0 spiro atoms. The number of anilines is 1. The lowest BCUT2D eigenvalue weighted by atomic mass is 10.3. The predicted octanol–water partition coefficient (Wildman–Crippen LogP) is 2.80. The largest absolute Gasteiger partial charge is 0.337 e. The minimum absolute atomic E-state index is 0. The van der Waals surface area contributed by atoms with Crippen LogP contribution in [-0.2, 0) is 13.1 Å². The Morgan fingerprint density at radius 2 is 1.86 bits per heavy atom. The van der Waals surface area contributed by atoms with E-state index in [1.807, 2.05) is 42.8 Å². The van der Waals surface area contributed by atoms with E-state index in [1.54, 1.807) is 23.1 Å². The number of hydrogen-bond donors (Lipinski definition) is 0. The normalized spacial score (nSPS) is 15.5. The monoisotopic (exact) mass is 432 g/mol. The van der Waals surface area contributed by atoms with E-state index in [-0.39, 0.29) is 18.0 Å². The predicted molar refractivity (Wildman–Crippen MR) is 121 cm³/mol. The van der Waals surface area contributed by atoms with Crippen molar-refractivity contribution in [2.24, 2.45) is 0 Å². The number of para-hydroxylation sites is 1. The average molecular weight is 433 g/mol. The summed E-state index contributed by atoms with van der Waals surface area (Å²) in [6, 6.07) is 14.4. The summed E-state index contributed by atoms with van der Waals surface area (Å²) in [5, 5.41) is 1.02. The standard InChI is InChI=1S/C21H22N3OS2.ClH/c1-4-23-13-9-8-10-15(23)14-18-24(5-2)20(25)19(27-18)21-22(3)16-11-6-7-12-17(16)26-21;/h6-14H,4-5H2,1-3H3;1H/q+1;/b21-19+;. The molecule has 0 unspecified atom stereocenters. The third-order valence-electron chi connectivity index (χ3n) is 4.75. The van der Waals surface area contributed by atoms with Gasteiger partial charge in [0.25, 0.3) is 5.56 Å². The molecule has 0 atom stereocenters. The number of thiazole rings is 1. The van der Waals surface area contributed by atoms with Gasteiger partial charge in [0.2, 0.25) is 5.69 Å². The Hall–Kier alpha value is -2.02. The Kier molecular flexibility index (Phi) is 6.33. The van der Waals surface area contributed by atoms with Crippen molar-refractivity contribution in [1.29, 1.82) is 0 Å². The molecule has 4 rings (SSSR count). The van der Waals surface area contributed by atoms with E-state index < -0.39 is 0 Å². The Morgan fingerprint density at radius 1 is 1.11 bits per heavy atom. The molecule has 0 amide bonds. The zero-order valence-electron chi connectivity index (χ0n) is 16.1. The van der Waals surface area contributed by atoms with Gasteiger partial charge in [0.15, 0.2) is 6.20 Å². The topological polar surface area (TPSA) is 29.1 Å². The number of nitrogens with zero attached hydrogens (tertiary/aromatic N) is 3. The summed E-state index contributed by atoms with van der Waals surface area (Å²) in [5.74, 6) is 0. The van der Waals surface area contributed by atoms with Crippen LogP contribution in [0, 0.1) is 0 Å². The third kappa shape index (κ3) is 3.52. The van der Waals surface area contributed by atoms with E-state index in [4.69, 9.17) is 0 Å². The maximum atomic E-state index is 13.1. The van der Waals surface area contributed by atoms with Crippen molar-refractivity contribution in [1.82, 2.24) is 4.57 Å². The van der Waals surface area contributed by atoms with Crippen molar-refractivity contribution >= 4 is 52.3 Å². The molecule has 3 aromatic rings. The van der Waals surface area contributed by atoms with Crippen LogP contribution in [-0.4, -0.2) is 11.6 Å². The average Bonchev–Trinajstić information content (AvgIpc) is 3.19. The number of aryl methyl sites for hydroxylation is 1. The highest BCUT2D eigenvalue weighted by atomic mass is 35.5. The van der Waals surface area contributed by atoms with Crippen LogP contribution in [0.4, 0.5) is 5.69 Å². The van der Waals surface area contributed by atoms with Crippen molar-refractivity contribution in [3.63, 3.8) is 0 Å². The van der Waals surface area contributed by atoms with E-state index >= 15 is 0 Å². The van der Waals surface area contributed by atoms with Crippen molar-refractivity contribution in [3.8, 4) is 0 Å². The summed E-state index contributed by atoms with van der Waals surface area (Å²) in [5.41, 5.74) is 2.36. The van der Waals surface area contributed by atoms with Crippen LogP contribution >= 0.6 is 35.5 Å². The van der Waals surface area contributed by atoms with Crippen LogP contribution in [0.15, 0.2) is 58.4 Å². The Labute approximate surface area is 178 Å². The minimum Gasteiger partial charge on any atom is -0.337 e. The van der Waals surface area contributed by atoms with Crippen LogP contribution < -0.4 is 24.2 Å². The van der Waals surface area contributed by atoms with Gasteiger partial charge in [-0.1, -0.05) is 23.9 Å². The first-order valence-corrected chi connectivity index (χ1v) is 10.7. The molecule has 2 aromatic heterocycles. The molecule has 28 heavy (non-hydrogen) atoms. The van der Waals surface area contributed by atoms with Crippen molar-refractivity contribution in [2.45, 2.75) is 31.8 Å². The second kappa shape index (κ2) is 8.55. The van der Waals surface area contributed by atoms with E-state index in [2.05, 4.69) is 46.9 Å². The fourth-order valence-corrected chi connectivity index (χ4v) is 5.77. The van der Waals surface area contributed by atoms with Gasteiger partial charge in [-0.2, -0.15) is 4.57 Å². The Bertz CT molecular complexity index is 1180. The second-order valence-electron chi connectivity index (χ2n) is 6.31. The van der Waals surface area contributed by atoms with E-state index in [9.17, 15) is 4.79 Å². The van der Waals surface area contributed by atoms with Gasteiger partial charge in [-0.25, -0.2) is 0 Å². The summed E-state index contributed by atoms with van der Waals surface area (Å²) in [6.07, 6.45) is 4.19. The number of fused-ring (bicyclic) bond motifs is 1. The molecule has 0 N–H and O–H groups in total. The summed E-state index contributed by atoms with van der Waals surface area (Å²) < 4.78 is 5.86. The van der Waals surface area contributed by atoms with Crippen molar-refractivity contribution in [2.75, 3.05) is 11.9 Å². The summed E-state index contributed by atoms with van der Waals surface area (Å²) in [6.45, 7) is 5.71. The zero-order valence-corrected chi connectivity index (χ0v) is 18.5. The van der Waals surface area contributed by atoms with Gasteiger partial charge < -0.3 is 4.90 Å². The lowest BCUT2D eigenvalue weighted by molar-refractivity contribution is -0.695. The maximum Gasteiger partial charge on any atom is 0.271 e. The van der Waals surface area contributed by atoms with Crippen LogP contribution in [0.3, 0.4) is 0 Å². The van der Waals surface area contributed by atoms with Crippen LogP contribution in [0.1, 0.15) is 19.5 Å². The molecule has 7 heteroatoms. The van der Waals surface area contributed by atoms with Crippen molar-refractivity contribution < 1.29 is 4.57 Å². The quantitative estimate of drug-likeness (QED) is 0.596. The molecule has 0 aliphatic carbocycles. The molecule has 0 bridgehead atoms. The highest BCUT2D eigenvalue weighted by Gasteiger charge is 2.24. The number of rotatable bonds is 3. The number of aromatic nitrogens is 2. The van der Waals surface area contributed by atoms with E-state index in [1.165, 1.54) is 4.90 Å². The summed E-state index contributed by atoms with van der Waals surface area (Å²) in [4.78, 5) is 16.5. The number of pyridine rings is 1. The van der Waals surface area contributed by atoms with Gasteiger partial charge in [-0.05, 0) is 32.0 Å². The molecule has 3 heterocycles.